The Bertz CT molecular complexity index is 4660. The molecule has 3 aromatic heterocycles. The lowest BCUT2D eigenvalue weighted by molar-refractivity contribution is -0.152. The summed E-state index contributed by atoms with van der Waals surface area (Å²) in [6, 6.07) is 47.8. The molecule has 0 saturated heterocycles. The van der Waals surface area contributed by atoms with Gasteiger partial charge in [-0.15, -0.1) is 0 Å². The van der Waals surface area contributed by atoms with Gasteiger partial charge < -0.3 is 33.7 Å². The fraction of sp³-hybridized carbons (Fsp3) is 0.333. The molecule has 0 aliphatic heterocycles. The van der Waals surface area contributed by atoms with E-state index in [9.17, 15) is 46.7 Å². The number of alkyl halides is 3. The van der Waals surface area contributed by atoms with E-state index in [1.54, 1.807) is 99.3 Å². The maximum atomic E-state index is 13.3. The van der Waals surface area contributed by atoms with Gasteiger partial charge in [0.05, 0.1) is 64.5 Å². The first-order valence-electron chi connectivity index (χ1n) is 33.8. The van der Waals surface area contributed by atoms with Crippen molar-refractivity contribution in [2.45, 2.75) is 124 Å². The number of hydrogen-bond acceptors (Lipinski definition) is 19. The second kappa shape index (κ2) is 32.5. The Morgan fingerprint density at radius 3 is 1.38 bits per heavy atom. The average Bonchev–Trinajstić information content (AvgIpc) is 1.48. The molecule has 3 fully saturated rings. The molecular weight excluding hydrogens is 1350 g/mol. The van der Waals surface area contributed by atoms with Gasteiger partial charge in [-0.05, 0) is 170 Å². The van der Waals surface area contributed by atoms with Crippen LogP contribution in [0.3, 0.4) is 0 Å². The highest BCUT2D eigenvalue weighted by molar-refractivity contribution is 5.99. The third-order valence-electron chi connectivity index (χ3n) is 18.6. The van der Waals surface area contributed by atoms with Crippen molar-refractivity contribution in [1.82, 2.24) is 36.7 Å². The van der Waals surface area contributed by atoms with Crippen LogP contribution in [0.25, 0.3) is 32.7 Å². The van der Waals surface area contributed by atoms with E-state index >= 15 is 0 Å². The van der Waals surface area contributed by atoms with Crippen LogP contribution < -0.4 is 36.0 Å². The molecule has 9 aromatic rings. The first-order valence-corrected chi connectivity index (χ1v) is 33.8. The molecule has 3 aliphatic rings. The zero-order valence-corrected chi connectivity index (χ0v) is 58.2. The molecule has 0 unspecified atom stereocenters. The number of pyridine rings is 3. The smallest absolute Gasteiger partial charge is 0.433 e. The molecule has 104 heavy (non-hydrogen) atoms. The van der Waals surface area contributed by atoms with E-state index < -0.39 is 93.4 Å². The van der Waals surface area contributed by atoms with Crippen LogP contribution in [-0.2, 0) is 92.0 Å². The number of hydroxylamine groups is 3. The maximum absolute atomic E-state index is 13.3. The molecule has 23 nitrogen and oxygen atoms in total. The van der Waals surface area contributed by atoms with Crippen LogP contribution in [0.2, 0.25) is 0 Å². The number of halogens is 3. The summed E-state index contributed by atoms with van der Waals surface area (Å²) in [6.07, 6.45) is -3.51. The number of carbonyl (C=O) groups excluding carboxylic acids is 7. The van der Waals surface area contributed by atoms with Gasteiger partial charge in [0, 0.05) is 44.2 Å². The first-order chi connectivity index (χ1) is 49.8. The summed E-state index contributed by atoms with van der Waals surface area (Å²) in [5.41, 5.74) is 9.14. The average molecular weight is 1430 g/mol. The van der Waals surface area contributed by atoms with E-state index in [0.717, 1.165) is 61.5 Å². The summed E-state index contributed by atoms with van der Waals surface area (Å²) in [5, 5.41) is 32.0. The molecule has 0 spiro atoms. The van der Waals surface area contributed by atoms with Gasteiger partial charge in [0.15, 0.2) is 0 Å². The number of amides is 4. The highest BCUT2D eigenvalue weighted by atomic mass is 19.4. The molecular formula is C78H80F3N7O16. The van der Waals surface area contributed by atoms with Gasteiger partial charge in [-0.1, -0.05) is 91.0 Å². The van der Waals surface area contributed by atoms with Gasteiger partial charge >= 0.3 is 24.1 Å². The Balaban J connectivity index is 0.000000168. The van der Waals surface area contributed by atoms with E-state index in [4.69, 9.17) is 44.0 Å². The van der Waals surface area contributed by atoms with Crippen LogP contribution >= 0.6 is 0 Å². The van der Waals surface area contributed by atoms with E-state index in [-0.39, 0.29) is 50.7 Å². The Morgan fingerprint density at radius 2 is 0.933 bits per heavy atom. The summed E-state index contributed by atoms with van der Waals surface area (Å²) >= 11 is 0. The Kier molecular flexibility index (Phi) is 23.6. The molecule has 12 rings (SSSR count). The van der Waals surface area contributed by atoms with Crippen molar-refractivity contribution < 1.29 is 90.8 Å². The molecule has 26 heteroatoms. The second-order valence-electron chi connectivity index (χ2n) is 26.2. The standard InChI is InChI=1S/C28H31N3O6.C25H23F3N2O5.C25H26N2O5/c1-4-36-27(34)28(15-23(28)26(33)30-18(3)25(32)31-35)14-19-9-11-21(12-10-19)37-16-20-13-17(2)29-24-8-6-5-7-22(20)24;1-2-34-23(32)24(13-19(24)22(31)30-33)12-15-7-9-17(10-8-15)35-14-16-11-21(25(26,27)28)29-20-6-4-3-5-18(16)20;1-15(2)32-24(29)25(13-21(25)23(28)27-30)18-7-6-8-19(12-18)31-14-17-11-16(3)26-22-10-5-4-9-20(17)22/h5-13,18,23,35H,4,14-16H2,1-3H3,(H,30,33)(H,31,32);3-11,19,33H,2,12-14H2,1H3,(H,30,31);4-12,15,21,30H,13-14H2,1-3H3,(H,27,28)/t18-,23+,28-;19-,24+;21-,25-/m010/s1. The molecule has 544 valence electrons. The molecule has 7 N–H and O–H groups in total. The van der Waals surface area contributed by atoms with Crippen molar-refractivity contribution in [2.24, 2.45) is 28.6 Å². The number of ether oxygens (including phenoxy) is 6. The van der Waals surface area contributed by atoms with E-state index in [1.165, 1.54) is 18.5 Å². The number of hydrogen-bond donors (Lipinski definition) is 7. The predicted octanol–water partition coefficient (Wildman–Crippen LogP) is 11.5. The normalized spacial score (nSPS) is 19.3. The number of nitrogens with zero attached hydrogens (tertiary/aromatic N) is 3. The van der Waals surface area contributed by atoms with Gasteiger partial charge in [0.25, 0.3) is 5.91 Å². The van der Waals surface area contributed by atoms with Crippen LogP contribution in [0.5, 0.6) is 17.2 Å². The van der Waals surface area contributed by atoms with Crippen molar-refractivity contribution >= 4 is 74.2 Å². The summed E-state index contributed by atoms with van der Waals surface area (Å²) in [5.74, 6) is -4.14. The number of aromatic nitrogens is 3. The van der Waals surface area contributed by atoms with Crippen LogP contribution in [0.4, 0.5) is 13.2 Å². The molecule has 7 atom stereocenters. The SMILES string of the molecule is CCOC(=O)[C@@]1(Cc2ccc(OCc3cc(C(F)(F)F)nc4ccccc34)cc2)C[C@@H]1C(=O)NO.CCOC(=O)[C@@]1(Cc2ccc(OCc3cc(C)nc4ccccc34)cc2)C[C@@H]1C(=O)N[C@@H](C)C(=O)NO.Cc1cc(COc2cccc([C@@]3(C(=O)OC(C)C)C[C@H]3C(=O)NO)c2)c2ccccc2n1. The molecule has 3 aliphatic carbocycles. The maximum Gasteiger partial charge on any atom is 0.433 e. The van der Waals surface area contributed by atoms with Crippen molar-refractivity contribution in [2.75, 3.05) is 13.2 Å². The number of benzene rings is 6. The minimum atomic E-state index is -4.58. The molecule has 6 aromatic carbocycles. The van der Waals surface area contributed by atoms with E-state index in [0.29, 0.717) is 59.8 Å². The lowest BCUT2D eigenvalue weighted by Gasteiger charge is -2.19. The molecule has 3 saturated carbocycles. The lowest BCUT2D eigenvalue weighted by Crippen LogP contribution is -2.45. The van der Waals surface area contributed by atoms with Crippen molar-refractivity contribution in [3.8, 4) is 17.2 Å². The highest BCUT2D eigenvalue weighted by Crippen LogP contribution is 2.58. The van der Waals surface area contributed by atoms with Crippen molar-refractivity contribution in [1.29, 1.82) is 0 Å². The highest BCUT2D eigenvalue weighted by Gasteiger charge is 2.67. The molecule has 0 bridgehead atoms. The van der Waals surface area contributed by atoms with Gasteiger partial charge in [-0.2, -0.15) is 13.2 Å². The molecule has 3 heterocycles. The summed E-state index contributed by atoms with van der Waals surface area (Å²) in [4.78, 5) is 99.3. The Morgan fingerprint density at radius 1 is 0.500 bits per heavy atom. The minimum absolute atomic E-state index is 0.100. The fourth-order valence-corrected chi connectivity index (χ4v) is 13.1. The van der Waals surface area contributed by atoms with Gasteiger partial charge in [0.2, 0.25) is 17.7 Å². The number of para-hydroxylation sites is 3. The lowest BCUT2D eigenvalue weighted by atomic mass is 9.92. The number of fused-ring (bicyclic) bond motifs is 3. The van der Waals surface area contributed by atoms with Crippen molar-refractivity contribution in [3.05, 3.63) is 214 Å². The van der Waals surface area contributed by atoms with Crippen molar-refractivity contribution in [3.63, 3.8) is 0 Å². The summed E-state index contributed by atoms with van der Waals surface area (Å²) in [6.45, 7) is 13.2. The van der Waals surface area contributed by atoms with Gasteiger partial charge in [0.1, 0.15) is 54.2 Å². The summed E-state index contributed by atoms with van der Waals surface area (Å²) < 4.78 is 73.5. The quantitative estimate of drug-likeness (QED) is 0.0121. The largest absolute Gasteiger partial charge is 0.489 e. The topological polar surface area (TPSA) is 322 Å². The van der Waals surface area contributed by atoms with Crippen LogP contribution in [0, 0.1) is 42.4 Å². The Labute approximate surface area is 596 Å². The zero-order chi connectivity index (χ0) is 74.7. The third-order valence-corrected chi connectivity index (χ3v) is 18.6. The van der Waals surface area contributed by atoms with Crippen LogP contribution in [0.1, 0.15) is 104 Å². The predicted molar refractivity (Wildman–Crippen MR) is 372 cm³/mol. The zero-order valence-electron chi connectivity index (χ0n) is 58.2. The monoisotopic (exact) mass is 1430 g/mol. The number of nitrogens with one attached hydrogen (secondary N) is 4. The van der Waals surface area contributed by atoms with Crippen LogP contribution in [-0.4, -0.2) is 97.5 Å². The van der Waals surface area contributed by atoms with E-state index in [2.05, 4.69) is 20.3 Å². The molecule has 4 amide bonds. The number of esters is 3. The minimum Gasteiger partial charge on any atom is -0.489 e. The fourth-order valence-electron chi connectivity index (χ4n) is 13.1. The number of carbonyl (C=O) groups is 7. The van der Waals surface area contributed by atoms with E-state index in [1.807, 2.05) is 105 Å². The molecule has 0 radical (unpaired) electrons. The number of rotatable bonds is 25. The Hall–Kier alpha value is -11.1. The first kappa shape index (κ1) is 75.6. The number of aryl methyl sites for hydroxylation is 2. The van der Waals surface area contributed by atoms with Gasteiger partial charge in [-0.3, -0.25) is 59.2 Å². The second-order valence-corrected chi connectivity index (χ2v) is 26.2. The van der Waals surface area contributed by atoms with Gasteiger partial charge in [-0.25, -0.2) is 21.4 Å². The third kappa shape index (κ3) is 17.3. The van der Waals surface area contributed by atoms with Crippen LogP contribution in [0.15, 0.2) is 164 Å². The summed E-state index contributed by atoms with van der Waals surface area (Å²) in [7, 11) is 0.